The molecular weight excluding hydrogens is 534 g/mol. The van der Waals surface area contributed by atoms with Gasteiger partial charge in [-0.1, -0.05) is 61.4 Å². The summed E-state index contributed by atoms with van der Waals surface area (Å²) in [5, 5.41) is 9.60. The molecule has 1 saturated carbocycles. The Labute approximate surface area is 235 Å². The summed E-state index contributed by atoms with van der Waals surface area (Å²) in [7, 11) is 1.84. The third-order valence-electron chi connectivity index (χ3n) is 7.65. The number of carbonyl (C=O) groups is 1. The molecule has 1 heterocycles. The number of halogens is 4. The number of amides is 1. The van der Waals surface area contributed by atoms with Crippen LogP contribution in [0.1, 0.15) is 58.6 Å². The second-order valence-corrected chi connectivity index (χ2v) is 10.4. The van der Waals surface area contributed by atoms with Crippen LogP contribution in [0.15, 0.2) is 78.9 Å². The first-order chi connectivity index (χ1) is 19.6. The van der Waals surface area contributed by atoms with Crippen LogP contribution in [0.4, 0.5) is 23.2 Å². The molecule has 41 heavy (non-hydrogen) atoms. The molecule has 5 rings (SSSR count). The quantitative estimate of drug-likeness (QED) is 0.195. The van der Waals surface area contributed by atoms with Gasteiger partial charge in [-0.3, -0.25) is 4.79 Å². The molecule has 1 amide bonds. The largest absolute Gasteiger partial charge is 0.435 e. The van der Waals surface area contributed by atoms with Crippen molar-refractivity contribution < 1.29 is 22.4 Å². The Morgan fingerprint density at radius 3 is 2.41 bits per heavy atom. The third-order valence-corrected chi connectivity index (χ3v) is 7.65. The Bertz CT molecular complexity index is 1530. The van der Waals surface area contributed by atoms with Crippen molar-refractivity contribution in [2.24, 2.45) is 11.7 Å². The van der Waals surface area contributed by atoms with Crippen LogP contribution in [-0.2, 0) is 18.3 Å². The van der Waals surface area contributed by atoms with Crippen LogP contribution in [0, 0.1) is 11.7 Å². The standard InChI is InChI=1S/C31H31F4N5O/c1-37-30(15-14-20-10-11-20,22-7-3-2-4-8-22)23-12-13-25(32)26(17-23)38-29(41)27-18-28(31(33,34)35)39-40(27)24-9-5-6-21(16-24)19-36/h2-9,12-13,16-18,20,37H,10-11,14-15,19,36H2,1H3,(H,38,41). The van der Waals surface area contributed by atoms with Gasteiger partial charge in [0.1, 0.15) is 11.5 Å². The average Bonchev–Trinajstić information content (AvgIpc) is 3.69. The predicted molar refractivity (Wildman–Crippen MR) is 149 cm³/mol. The molecule has 4 N–H and O–H groups in total. The van der Waals surface area contributed by atoms with Crippen molar-refractivity contribution in [2.75, 3.05) is 12.4 Å². The van der Waals surface area contributed by atoms with Gasteiger partial charge in [0, 0.05) is 12.6 Å². The van der Waals surface area contributed by atoms with Gasteiger partial charge in [0.15, 0.2) is 5.69 Å². The number of hydrogen-bond donors (Lipinski definition) is 3. The van der Waals surface area contributed by atoms with Crippen LogP contribution in [0.2, 0.25) is 0 Å². The topological polar surface area (TPSA) is 85.0 Å². The lowest BCUT2D eigenvalue weighted by Crippen LogP contribution is -2.41. The van der Waals surface area contributed by atoms with Gasteiger partial charge in [-0.05, 0) is 66.8 Å². The fraction of sp³-hybridized carbons (Fsp3) is 0.290. The summed E-state index contributed by atoms with van der Waals surface area (Å²) in [4.78, 5) is 13.4. The highest BCUT2D eigenvalue weighted by atomic mass is 19.4. The van der Waals surface area contributed by atoms with Crippen molar-refractivity contribution in [3.8, 4) is 5.69 Å². The normalized spacial score (nSPS) is 15.0. The zero-order valence-electron chi connectivity index (χ0n) is 22.5. The van der Waals surface area contributed by atoms with E-state index in [9.17, 15) is 18.0 Å². The van der Waals surface area contributed by atoms with Crippen LogP contribution >= 0.6 is 0 Å². The second-order valence-electron chi connectivity index (χ2n) is 10.4. The van der Waals surface area contributed by atoms with E-state index in [1.54, 1.807) is 30.3 Å². The van der Waals surface area contributed by atoms with Crippen LogP contribution in [0.3, 0.4) is 0 Å². The van der Waals surface area contributed by atoms with Crippen molar-refractivity contribution >= 4 is 11.6 Å². The fourth-order valence-corrected chi connectivity index (χ4v) is 5.19. The summed E-state index contributed by atoms with van der Waals surface area (Å²) in [5.41, 5.74) is 5.83. The van der Waals surface area contributed by atoms with Gasteiger partial charge in [0.25, 0.3) is 5.91 Å². The van der Waals surface area contributed by atoms with Gasteiger partial charge < -0.3 is 16.4 Å². The number of nitrogens with two attached hydrogens (primary N) is 1. The summed E-state index contributed by atoms with van der Waals surface area (Å²) in [6.45, 7) is 0.149. The fourth-order valence-electron chi connectivity index (χ4n) is 5.19. The van der Waals surface area contributed by atoms with Crippen LogP contribution in [-0.4, -0.2) is 22.7 Å². The third kappa shape index (κ3) is 6.03. The molecule has 0 radical (unpaired) electrons. The molecule has 0 spiro atoms. The van der Waals surface area contributed by atoms with Gasteiger partial charge in [0.2, 0.25) is 0 Å². The highest BCUT2D eigenvalue weighted by Crippen LogP contribution is 2.41. The monoisotopic (exact) mass is 565 g/mol. The van der Waals surface area contributed by atoms with Crippen molar-refractivity contribution in [1.82, 2.24) is 15.1 Å². The molecule has 214 valence electrons. The minimum atomic E-state index is -4.79. The number of nitrogens with one attached hydrogen (secondary N) is 2. The van der Waals surface area contributed by atoms with E-state index >= 15 is 4.39 Å². The Balaban J connectivity index is 1.53. The minimum Gasteiger partial charge on any atom is -0.326 e. The Kier molecular flexibility index (Phi) is 7.97. The van der Waals surface area contributed by atoms with E-state index in [0.29, 0.717) is 17.5 Å². The van der Waals surface area contributed by atoms with E-state index in [4.69, 9.17) is 5.73 Å². The van der Waals surface area contributed by atoms with Crippen molar-refractivity contribution in [3.63, 3.8) is 0 Å². The lowest BCUT2D eigenvalue weighted by molar-refractivity contribution is -0.141. The first-order valence-electron chi connectivity index (χ1n) is 13.5. The molecule has 1 aliphatic rings. The molecule has 0 saturated heterocycles. The summed E-state index contributed by atoms with van der Waals surface area (Å²) >= 11 is 0. The number of nitrogens with zero attached hydrogens (tertiary/aromatic N) is 2. The van der Waals surface area contributed by atoms with E-state index in [1.807, 2.05) is 37.4 Å². The Hall–Kier alpha value is -4.02. The van der Waals surface area contributed by atoms with E-state index in [0.717, 1.165) is 28.7 Å². The van der Waals surface area contributed by atoms with E-state index in [2.05, 4.69) is 15.7 Å². The molecular formula is C31H31F4N5O. The van der Waals surface area contributed by atoms with Crippen molar-refractivity contribution in [2.45, 2.75) is 43.9 Å². The number of benzene rings is 3. The second kappa shape index (κ2) is 11.5. The number of carbonyl (C=O) groups excluding carboxylic acids is 1. The lowest BCUT2D eigenvalue weighted by Gasteiger charge is -2.35. The maximum Gasteiger partial charge on any atom is 0.435 e. The molecule has 1 unspecified atom stereocenters. The minimum absolute atomic E-state index is 0.147. The maximum absolute atomic E-state index is 15.1. The summed E-state index contributed by atoms with van der Waals surface area (Å²) in [5.74, 6) is -1.00. The van der Waals surface area contributed by atoms with Crippen molar-refractivity contribution in [3.05, 3.63) is 113 Å². The predicted octanol–water partition coefficient (Wildman–Crippen LogP) is 6.39. The zero-order chi connectivity index (χ0) is 29.2. The van der Waals surface area contributed by atoms with Gasteiger partial charge in [-0.25, -0.2) is 9.07 Å². The molecule has 0 bridgehead atoms. The molecule has 6 nitrogen and oxygen atoms in total. The molecule has 1 aromatic heterocycles. The maximum atomic E-state index is 15.1. The highest BCUT2D eigenvalue weighted by Gasteiger charge is 2.37. The SMILES string of the molecule is CNC(CCC1CC1)(c1ccccc1)c1ccc(F)c(NC(=O)c2cc(C(F)(F)F)nn2-c2cccc(CN)c2)c1. The summed E-state index contributed by atoms with van der Waals surface area (Å²) < 4.78 is 56.9. The number of anilines is 1. The first kappa shape index (κ1) is 28.5. The van der Waals surface area contributed by atoms with E-state index in [1.165, 1.54) is 25.0 Å². The van der Waals surface area contributed by atoms with E-state index in [-0.39, 0.29) is 17.9 Å². The molecule has 4 aromatic rings. The van der Waals surface area contributed by atoms with Gasteiger partial charge in [-0.15, -0.1) is 0 Å². The van der Waals surface area contributed by atoms with E-state index < -0.39 is 34.8 Å². The average molecular weight is 566 g/mol. The molecule has 0 aliphatic heterocycles. The highest BCUT2D eigenvalue weighted by molar-refractivity contribution is 6.03. The van der Waals surface area contributed by atoms with Gasteiger partial charge in [-0.2, -0.15) is 18.3 Å². The van der Waals surface area contributed by atoms with Crippen LogP contribution < -0.4 is 16.4 Å². The molecule has 1 atom stereocenters. The molecule has 1 aliphatic carbocycles. The number of rotatable bonds is 10. The van der Waals surface area contributed by atoms with Crippen LogP contribution in [0.25, 0.3) is 5.69 Å². The number of aromatic nitrogens is 2. The summed E-state index contributed by atoms with van der Waals surface area (Å²) in [6, 6.07) is 21.3. The number of hydrogen-bond acceptors (Lipinski definition) is 4. The van der Waals surface area contributed by atoms with Crippen molar-refractivity contribution in [1.29, 1.82) is 0 Å². The number of alkyl halides is 3. The zero-order valence-corrected chi connectivity index (χ0v) is 22.5. The summed E-state index contributed by atoms with van der Waals surface area (Å²) in [6.07, 6.45) is -0.713. The smallest absolute Gasteiger partial charge is 0.326 e. The molecule has 10 heteroatoms. The molecule has 1 fully saturated rings. The Morgan fingerprint density at radius 2 is 1.76 bits per heavy atom. The first-order valence-corrected chi connectivity index (χ1v) is 13.5. The van der Waals surface area contributed by atoms with Gasteiger partial charge >= 0.3 is 6.18 Å². The lowest BCUT2D eigenvalue weighted by atomic mass is 9.78. The van der Waals surface area contributed by atoms with Crippen LogP contribution in [0.5, 0.6) is 0 Å². The van der Waals surface area contributed by atoms with Gasteiger partial charge in [0.05, 0.1) is 16.9 Å². The molecule has 3 aromatic carbocycles. The Morgan fingerprint density at radius 1 is 1.00 bits per heavy atom.